The Bertz CT molecular complexity index is 393. The van der Waals surface area contributed by atoms with Crippen LogP contribution in [0.3, 0.4) is 0 Å². The maximum atomic E-state index is 11.2. The zero-order valence-electron chi connectivity index (χ0n) is 10.4. The van der Waals surface area contributed by atoms with E-state index >= 15 is 0 Å². The Morgan fingerprint density at radius 3 is 2.94 bits per heavy atom. The van der Waals surface area contributed by atoms with E-state index in [1.54, 1.807) is 6.07 Å². The van der Waals surface area contributed by atoms with Gasteiger partial charge < -0.3 is 14.5 Å². The minimum Gasteiger partial charge on any atom is -0.467 e. The maximum Gasteiger partial charge on any atom is 0.341 e. The molecular weight excluding hydrogens is 218 g/mol. The second-order valence-corrected chi connectivity index (χ2v) is 5.06. The van der Waals surface area contributed by atoms with Crippen LogP contribution in [-0.4, -0.2) is 19.6 Å². The van der Waals surface area contributed by atoms with Crippen LogP contribution in [0.2, 0.25) is 0 Å². The van der Waals surface area contributed by atoms with Gasteiger partial charge in [-0.05, 0) is 24.3 Å². The van der Waals surface area contributed by atoms with E-state index in [1.807, 2.05) is 0 Å². The lowest BCUT2D eigenvalue weighted by Gasteiger charge is -2.38. The van der Waals surface area contributed by atoms with Crippen molar-refractivity contribution in [3.63, 3.8) is 0 Å². The van der Waals surface area contributed by atoms with Crippen LogP contribution in [0, 0.1) is 5.41 Å². The fraction of sp³-hybridized carbons (Fsp3) is 0.615. The Labute approximate surface area is 101 Å². The molecule has 1 saturated carbocycles. The molecule has 1 aromatic rings. The summed E-state index contributed by atoms with van der Waals surface area (Å²) in [4.78, 5) is 11.2. The third kappa shape index (κ3) is 2.88. The zero-order chi connectivity index (χ0) is 12.3. The van der Waals surface area contributed by atoms with E-state index in [1.165, 1.54) is 32.6 Å². The Morgan fingerprint density at radius 2 is 2.35 bits per heavy atom. The first-order valence-corrected chi connectivity index (χ1v) is 5.99. The number of hydrogen-bond donors (Lipinski definition) is 1. The van der Waals surface area contributed by atoms with Crippen LogP contribution in [-0.2, 0) is 11.3 Å². The average Bonchev–Trinajstić information content (AvgIpc) is 2.74. The van der Waals surface area contributed by atoms with Crippen LogP contribution in [0.1, 0.15) is 42.3 Å². The van der Waals surface area contributed by atoms with Gasteiger partial charge in [0.1, 0.15) is 12.0 Å². The molecule has 0 atom stereocenters. The van der Waals surface area contributed by atoms with Crippen LogP contribution in [0.5, 0.6) is 0 Å². The molecule has 1 aromatic heterocycles. The van der Waals surface area contributed by atoms with Gasteiger partial charge in [-0.3, -0.25) is 0 Å². The third-order valence-corrected chi connectivity index (χ3v) is 3.49. The summed E-state index contributed by atoms with van der Waals surface area (Å²) >= 11 is 0. The van der Waals surface area contributed by atoms with Crippen molar-refractivity contribution in [3.8, 4) is 0 Å². The number of esters is 1. The van der Waals surface area contributed by atoms with Crippen molar-refractivity contribution in [1.82, 2.24) is 5.32 Å². The summed E-state index contributed by atoms with van der Waals surface area (Å²) in [5.74, 6) is 0.416. The molecule has 2 rings (SSSR count). The van der Waals surface area contributed by atoms with Gasteiger partial charge in [0, 0.05) is 6.54 Å². The molecule has 0 saturated heterocycles. The summed E-state index contributed by atoms with van der Waals surface area (Å²) in [6.07, 6.45) is 5.37. The molecule has 1 aliphatic carbocycles. The Hall–Kier alpha value is -1.29. The van der Waals surface area contributed by atoms with E-state index < -0.39 is 0 Å². The van der Waals surface area contributed by atoms with Gasteiger partial charge in [0.15, 0.2) is 0 Å². The monoisotopic (exact) mass is 237 g/mol. The molecule has 0 aromatic carbocycles. The number of nitrogens with one attached hydrogen (secondary N) is 1. The topological polar surface area (TPSA) is 51.5 Å². The zero-order valence-corrected chi connectivity index (χ0v) is 10.4. The van der Waals surface area contributed by atoms with Crippen molar-refractivity contribution < 1.29 is 13.9 Å². The molecule has 1 heterocycles. The largest absolute Gasteiger partial charge is 0.467 e. The first-order chi connectivity index (χ1) is 8.13. The van der Waals surface area contributed by atoms with Gasteiger partial charge in [-0.25, -0.2) is 4.79 Å². The van der Waals surface area contributed by atoms with Crippen LogP contribution < -0.4 is 5.32 Å². The second kappa shape index (κ2) is 4.92. The van der Waals surface area contributed by atoms with Gasteiger partial charge in [0.2, 0.25) is 0 Å². The molecular formula is C13H19NO3. The fourth-order valence-electron chi connectivity index (χ4n) is 2.14. The van der Waals surface area contributed by atoms with Crippen molar-refractivity contribution in [2.45, 2.75) is 32.7 Å². The molecule has 0 bridgehead atoms. The predicted octanol–water partition coefficient (Wildman–Crippen LogP) is 2.35. The maximum absolute atomic E-state index is 11.2. The second-order valence-electron chi connectivity index (χ2n) is 5.06. The summed E-state index contributed by atoms with van der Waals surface area (Å²) in [6.45, 7) is 3.96. The van der Waals surface area contributed by atoms with Crippen molar-refractivity contribution in [1.29, 1.82) is 0 Å². The molecule has 0 unspecified atom stereocenters. The summed E-state index contributed by atoms with van der Waals surface area (Å²) in [5, 5.41) is 3.37. The van der Waals surface area contributed by atoms with E-state index in [0.29, 0.717) is 17.5 Å². The van der Waals surface area contributed by atoms with Gasteiger partial charge >= 0.3 is 5.97 Å². The van der Waals surface area contributed by atoms with Gasteiger partial charge in [0.05, 0.1) is 19.2 Å². The Morgan fingerprint density at radius 1 is 1.59 bits per heavy atom. The third-order valence-electron chi connectivity index (χ3n) is 3.49. The van der Waals surface area contributed by atoms with Crippen LogP contribution in [0.4, 0.5) is 0 Å². The summed E-state index contributed by atoms with van der Waals surface area (Å²) in [7, 11) is 1.37. The summed E-state index contributed by atoms with van der Waals surface area (Å²) in [6, 6.07) is 1.72. The molecule has 0 amide bonds. The van der Waals surface area contributed by atoms with Crippen LogP contribution in [0.25, 0.3) is 0 Å². The minimum absolute atomic E-state index is 0.356. The minimum atomic E-state index is -0.356. The van der Waals surface area contributed by atoms with E-state index in [0.717, 1.165) is 12.3 Å². The van der Waals surface area contributed by atoms with Gasteiger partial charge in [-0.2, -0.15) is 0 Å². The smallest absolute Gasteiger partial charge is 0.341 e. The number of carbonyl (C=O) groups excluding carboxylic acids is 1. The van der Waals surface area contributed by atoms with E-state index in [9.17, 15) is 4.79 Å². The first-order valence-electron chi connectivity index (χ1n) is 5.99. The number of rotatable bonds is 5. The number of ether oxygens (including phenoxy) is 1. The number of carbonyl (C=O) groups is 1. The molecule has 1 aliphatic rings. The van der Waals surface area contributed by atoms with Gasteiger partial charge in [-0.15, -0.1) is 0 Å². The highest BCUT2D eigenvalue weighted by atomic mass is 16.5. The molecule has 0 radical (unpaired) electrons. The average molecular weight is 237 g/mol. The molecule has 4 heteroatoms. The number of furan rings is 1. The Kier molecular flexibility index (Phi) is 3.52. The number of methoxy groups -OCH3 is 1. The lowest BCUT2D eigenvalue weighted by molar-refractivity contribution is 0.0600. The van der Waals surface area contributed by atoms with Crippen LogP contribution in [0.15, 0.2) is 16.7 Å². The molecule has 17 heavy (non-hydrogen) atoms. The van der Waals surface area contributed by atoms with Gasteiger partial charge in [0.25, 0.3) is 0 Å². The Balaban J connectivity index is 1.79. The van der Waals surface area contributed by atoms with Gasteiger partial charge in [-0.1, -0.05) is 13.3 Å². The molecule has 0 spiro atoms. The molecule has 1 fully saturated rings. The van der Waals surface area contributed by atoms with Crippen molar-refractivity contribution in [3.05, 3.63) is 23.7 Å². The highest BCUT2D eigenvalue weighted by Crippen LogP contribution is 2.39. The SMILES string of the molecule is COC(=O)c1coc(CNCC2(C)CCC2)c1. The molecule has 94 valence electrons. The number of hydrogen-bond acceptors (Lipinski definition) is 4. The highest BCUT2D eigenvalue weighted by Gasteiger charge is 2.30. The quantitative estimate of drug-likeness (QED) is 0.799. The van der Waals surface area contributed by atoms with E-state index in [4.69, 9.17) is 4.42 Å². The lowest BCUT2D eigenvalue weighted by atomic mass is 9.70. The molecule has 4 nitrogen and oxygen atoms in total. The lowest BCUT2D eigenvalue weighted by Crippen LogP contribution is -2.36. The summed E-state index contributed by atoms with van der Waals surface area (Å²) in [5.41, 5.74) is 0.928. The molecule has 0 aliphatic heterocycles. The fourth-order valence-corrected chi connectivity index (χ4v) is 2.14. The highest BCUT2D eigenvalue weighted by molar-refractivity contribution is 5.88. The standard InChI is InChI=1S/C13H19NO3/c1-13(4-3-5-13)9-14-7-11-6-10(8-17-11)12(15)16-2/h6,8,14H,3-5,7,9H2,1-2H3. The summed E-state index contributed by atoms with van der Waals surface area (Å²) < 4.78 is 9.91. The van der Waals surface area contributed by atoms with Crippen molar-refractivity contribution in [2.24, 2.45) is 5.41 Å². The predicted molar refractivity (Wildman–Crippen MR) is 63.7 cm³/mol. The van der Waals surface area contributed by atoms with Crippen molar-refractivity contribution in [2.75, 3.05) is 13.7 Å². The van der Waals surface area contributed by atoms with Crippen molar-refractivity contribution >= 4 is 5.97 Å². The van der Waals surface area contributed by atoms with Crippen LogP contribution >= 0.6 is 0 Å². The van der Waals surface area contributed by atoms with E-state index in [2.05, 4.69) is 17.0 Å². The van der Waals surface area contributed by atoms with E-state index in [-0.39, 0.29) is 5.97 Å². The first kappa shape index (κ1) is 12.2. The normalized spacial score (nSPS) is 17.5. The molecule has 1 N–H and O–H groups in total.